The zero-order valence-electron chi connectivity index (χ0n) is 16.0. The second-order valence-electron chi connectivity index (χ2n) is 6.75. The number of halogens is 1. The van der Waals surface area contributed by atoms with Gasteiger partial charge in [0, 0.05) is 29.2 Å². The zero-order valence-corrected chi connectivity index (χ0v) is 16.0. The number of fused-ring (bicyclic) bond motifs is 1. The topological polar surface area (TPSA) is 76.0 Å². The summed E-state index contributed by atoms with van der Waals surface area (Å²) in [5.41, 5.74) is 3.97. The van der Waals surface area contributed by atoms with Crippen LogP contribution in [0.3, 0.4) is 0 Å². The second kappa shape index (κ2) is 7.04. The normalized spacial score (nSPS) is 11.1. The number of aromatic amines is 1. The zero-order chi connectivity index (χ0) is 20.7. The summed E-state index contributed by atoms with van der Waals surface area (Å²) in [5.74, 6) is 0.256. The van der Waals surface area contributed by atoms with Gasteiger partial charge in [-0.1, -0.05) is 12.1 Å². The van der Waals surface area contributed by atoms with Gasteiger partial charge in [-0.2, -0.15) is 5.10 Å². The lowest BCUT2D eigenvalue weighted by molar-refractivity contribution is 0.416. The predicted octanol–water partition coefficient (Wildman–Crippen LogP) is 4.94. The van der Waals surface area contributed by atoms with Crippen LogP contribution in [0.1, 0.15) is 0 Å². The van der Waals surface area contributed by atoms with Crippen molar-refractivity contribution in [2.45, 2.75) is 0 Å². The molecule has 0 unspecified atom stereocenters. The Bertz CT molecular complexity index is 1340. The Balaban J connectivity index is 1.91. The van der Waals surface area contributed by atoms with Gasteiger partial charge in [-0.25, -0.2) is 4.39 Å². The van der Waals surface area contributed by atoms with Crippen LogP contribution in [0.5, 0.6) is 11.6 Å². The van der Waals surface area contributed by atoms with Crippen LogP contribution in [0, 0.1) is 5.82 Å². The third-order valence-corrected chi connectivity index (χ3v) is 5.04. The minimum absolute atomic E-state index is 0.0276. The number of rotatable bonds is 4. The molecule has 148 valence electrons. The molecule has 0 aliphatic heterocycles. The van der Waals surface area contributed by atoms with Gasteiger partial charge in [0.1, 0.15) is 22.8 Å². The van der Waals surface area contributed by atoms with E-state index in [1.807, 2.05) is 36.4 Å². The third-order valence-electron chi connectivity index (χ3n) is 5.04. The van der Waals surface area contributed by atoms with E-state index in [1.165, 1.54) is 12.1 Å². The molecule has 5 rings (SSSR count). The molecule has 6 nitrogen and oxygen atoms in total. The molecule has 0 saturated carbocycles. The maximum atomic E-state index is 13.6. The maximum absolute atomic E-state index is 13.6. The van der Waals surface area contributed by atoms with Crippen molar-refractivity contribution in [1.29, 1.82) is 0 Å². The average Bonchev–Trinajstić information content (AvgIpc) is 3.34. The number of benzene rings is 2. The fraction of sp³-hybridized carbons (Fsp3) is 0.0435. The number of hydrogen-bond donors (Lipinski definition) is 2. The third kappa shape index (κ3) is 2.71. The molecular formula is C23H17FN4O2. The maximum Gasteiger partial charge on any atom is 0.222 e. The number of aromatic nitrogens is 4. The Hall–Kier alpha value is -4.13. The van der Waals surface area contributed by atoms with Crippen LogP contribution in [-0.2, 0) is 0 Å². The largest absolute Gasteiger partial charge is 0.496 e. The van der Waals surface area contributed by atoms with Gasteiger partial charge < -0.3 is 9.84 Å². The van der Waals surface area contributed by atoms with E-state index in [0.717, 1.165) is 11.1 Å². The van der Waals surface area contributed by atoms with Crippen LogP contribution in [-0.4, -0.2) is 32.0 Å². The van der Waals surface area contributed by atoms with Crippen molar-refractivity contribution < 1.29 is 14.2 Å². The number of ether oxygens (including phenoxy) is 1. The number of H-pyrrole nitrogens is 1. The standard InChI is InChI=1S/C23H17FN4O2/c1-30-18-7-3-2-6-17(18)22-19-20(14-5-4-12-25-13-14)26-27-21(19)23(29)28(22)16-10-8-15(24)9-11-16/h2-13,27,29H,1H3. The van der Waals surface area contributed by atoms with Crippen molar-refractivity contribution in [2.24, 2.45) is 0 Å². The first-order chi connectivity index (χ1) is 14.7. The highest BCUT2D eigenvalue weighted by molar-refractivity contribution is 6.07. The molecule has 3 aromatic heterocycles. The minimum atomic E-state index is -0.354. The van der Waals surface area contributed by atoms with Crippen LogP contribution >= 0.6 is 0 Å². The summed E-state index contributed by atoms with van der Waals surface area (Å²) in [6.45, 7) is 0. The summed E-state index contributed by atoms with van der Waals surface area (Å²) in [4.78, 5) is 4.19. The molecule has 0 atom stereocenters. The van der Waals surface area contributed by atoms with Crippen molar-refractivity contribution >= 4 is 10.9 Å². The lowest BCUT2D eigenvalue weighted by Crippen LogP contribution is -1.99. The molecule has 0 saturated heterocycles. The van der Waals surface area contributed by atoms with Crippen molar-refractivity contribution in [3.8, 4) is 39.8 Å². The number of methoxy groups -OCH3 is 1. The van der Waals surface area contributed by atoms with E-state index < -0.39 is 0 Å². The van der Waals surface area contributed by atoms with Crippen LogP contribution in [0.4, 0.5) is 4.39 Å². The van der Waals surface area contributed by atoms with Crippen molar-refractivity contribution in [2.75, 3.05) is 7.11 Å². The first-order valence-electron chi connectivity index (χ1n) is 9.30. The summed E-state index contributed by atoms with van der Waals surface area (Å²) >= 11 is 0. The number of aromatic hydroxyl groups is 1. The highest BCUT2D eigenvalue weighted by Gasteiger charge is 2.26. The number of para-hydroxylation sites is 1. The van der Waals surface area contributed by atoms with Gasteiger partial charge >= 0.3 is 0 Å². The number of nitrogens with zero attached hydrogens (tertiary/aromatic N) is 3. The van der Waals surface area contributed by atoms with Crippen LogP contribution < -0.4 is 4.74 Å². The van der Waals surface area contributed by atoms with Gasteiger partial charge in [0.25, 0.3) is 0 Å². The summed E-state index contributed by atoms with van der Waals surface area (Å²) in [6.07, 6.45) is 3.41. The monoisotopic (exact) mass is 400 g/mol. The molecule has 0 aliphatic rings. The molecule has 2 N–H and O–H groups in total. The first kappa shape index (κ1) is 17.9. The molecule has 30 heavy (non-hydrogen) atoms. The van der Waals surface area contributed by atoms with Crippen molar-refractivity contribution in [1.82, 2.24) is 19.7 Å². The molecule has 0 radical (unpaired) electrons. The van der Waals surface area contributed by atoms with E-state index in [-0.39, 0.29) is 11.7 Å². The summed E-state index contributed by atoms with van der Waals surface area (Å²) < 4.78 is 20.8. The SMILES string of the molecule is COc1ccccc1-c1c2c(-c3cccnc3)n[nH]c2c(O)n1-c1ccc(F)cc1. The van der Waals surface area contributed by atoms with Gasteiger partial charge in [-0.3, -0.25) is 14.6 Å². The molecule has 0 fully saturated rings. The smallest absolute Gasteiger partial charge is 0.222 e. The summed E-state index contributed by atoms with van der Waals surface area (Å²) in [6, 6.07) is 17.2. The van der Waals surface area contributed by atoms with Crippen LogP contribution in [0.25, 0.3) is 39.1 Å². The summed E-state index contributed by atoms with van der Waals surface area (Å²) in [5, 5.41) is 19.2. The van der Waals surface area contributed by atoms with Gasteiger partial charge in [-0.15, -0.1) is 0 Å². The molecule has 0 aliphatic carbocycles. The Labute approximate surface area is 171 Å². The van der Waals surface area contributed by atoms with Gasteiger partial charge in [0.15, 0.2) is 0 Å². The summed E-state index contributed by atoms with van der Waals surface area (Å²) in [7, 11) is 1.60. The van der Waals surface area contributed by atoms with E-state index in [1.54, 1.807) is 36.2 Å². The second-order valence-corrected chi connectivity index (χ2v) is 6.75. The molecule has 5 aromatic rings. The van der Waals surface area contributed by atoms with Crippen LogP contribution in [0.15, 0.2) is 73.1 Å². The molecule has 0 amide bonds. The lowest BCUT2D eigenvalue weighted by atomic mass is 10.0. The van der Waals surface area contributed by atoms with Gasteiger partial charge in [0.05, 0.1) is 18.2 Å². The van der Waals surface area contributed by atoms with Gasteiger partial charge in [-0.05, 0) is 48.5 Å². The first-order valence-corrected chi connectivity index (χ1v) is 9.30. The lowest BCUT2D eigenvalue weighted by Gasteiger charge is -2.14. The number of pyridine rings is 1. The molecular weight excluding hydrogens is 383 g/mol. The highest BCUT2D eigenvalue weighted by atomic mass is 19.1. The van der Waals surface area contributed by atoms with Crippen LogP contribution in [0.2, 0.25) is 0 Å². The van der Waals surface area contributed by atoms with Crippen molar-refractivity contribution in [3.05, 3.63) is 78.9 Å². The van der Waals surface area contributed by atoms with E-state index in [0.29, 0.717) is 33.7 Å². The van der Waals surface area contributed by atoms with E-state index in [2.05, 4.69) is 15.2 Å². The average molecular weight is 400 g/mol. The fourth-order valence-corrected chi connectivity index (χ4v) is 3.71. The Morgan fingerprint density at radius 2 is 1.83 bits per heavy atom. The predicted molar refractivity (Wildman–Crippen MR) is 112 cm³/mol. The van der Waals surface area contributed by atoms with Gasteiger partial charge in [0.2, 0.25) is 5.88 Å². The highest BCUT2D eigenvalue weighted by Crippen LogP contribution is 2.45. The molecule has 3 heterocycles. The van der Waals surface area contributed by atoms with E-state index in [9.17, 15) is 9.50 Å². The fourth-order valence-electron chi connectivity index (χ4n) is 3.71. The Kier molecular flexibility index (Phi) is 4.21. The molecule has 0 spiro atoms. The van der Waals surface area contributed by atoms with Crippen molar-refractivity contribution in [3.63, 3.8) is 0 Å². The van der Waals surface area contributed by atoms with E-state index >= 15 is 0 Å². The quantitative estimate of drug-likeness (QED) is 0.448. The molecule has 2 aromatic carbocycles. The number of hydrogen-bond acceptors (Lipinski definition) is 4. The molecule has 0 bridgehead atoms. The minimum Gasteiger partial charge on any atom is -0.496 e. The number of nitrogens with one attached hydrogen (secondary N) is 1. The van der Waals surface area contributed by atoms with E-state index in [4.69, 9.17) is 4.74 Å². The molecule has 7 heteroatoms. The Morgan fingerprint density at radius 1 is 1.03 bits per heavy atom. The Morgan fingerprint density at radius 3 is 2.57 bits per heavy atom.